The molecular formula is C21H27N10O9P2S2+. The highest BCUT2D eigenvalue weighted by Gasteiger charge is 2.53. The van der Waals surface area contributed by atoms with Crippen molar-refractivity contribution in [1.29, 1.82) is 0 Å². The van der Waals surface area contributed by atoms with Crippen LogP contribution in [0.25, 0.3) is 22.3 Å². The molecule has 0 amide bonds. The average molecular weight is 690 g/mol. The van der Waals surface area contributed by atoms with Gasteiger partial charge in [-0.05, 0) is 11.8 Å². The van der Waals surface area contributed by atoms with Crippen molar-refractivity contribution >= 4 is 72.4 Å². The molecule has 2 unspecified atom stereocenters. The maximum absolute atomic E-state index is 12.4. The lowest BCUT2D eigenvalue weighted by Crippen LogP contribution is -2.34. The summed E-state index contributed by atoms with van der Waals surface area (Å²) in [4.78, 5) is 56.4. The van der Waals surface area contributed by atoms with Crippen molar-refractivity contribution in [2.75, 3.05) is 31.8 Å². The number of aromatic nitrogens is 8. The third kappa shape index (κ3) is 5.74. The maximum atomic E-state index is 12.4. The smallest absolute Gasteiger partial charge is 0.391 e. The summed E-state index contributed by atoms with van der Waals surface area (Å²) in [6.45, 7) is -4.38. The summed E-state index contributed by atoms with van der Waals surface area (Å²) in [5.74, 6) is 0.0495. The summed E-state index contributed by atoms with van der Waals surface area (Å²) in [6.07, 6.45) is 1.48. The van der Waals surface area contributed by atoms with E-state index in [4.69, 9.17) is 41.8 Å². The highest BCUT2D eigenvalue weighted by Crippen LogP contribution is 2.62. The number of imidazole rings is 2. The number of nitrogen functional groups attached to an aromatic ring is 2. The van der Waals surface area contributed by atoms with Crippen molar-refractivity contribution in [1.82, 2.24) is 39.0 Å². The van der Waals surface area contributed by atoms with Crippen LogP contribution in [-0.4, -0.2) is 103 Å². The first-order chi connectivity index (χ1) is 21.0. The van der Waals surface area contributed by atoms with Gasteiger partial charge in [0.25, 0.3) is 5.56 Å². The number of nitrogens with one attached hydrogen (secondary N) is 1. The number of aromatic amines is 1. The molecule has 8 N–H and O–H groups in total. The second kappa shape index (κ2) is 12.3. The molecule has 0 saturated carbocycles. The van der Waals surface area contributed by atoms with E-state index >= 15 is 0 Å². The fourth-order valence-corrected chi connectivity index (χ4v) is 10.7. The van der Waals surface area contributed by atoms with Crippen LogP contribution in [0.4, 0.5) is 11.8 Å². The van der Waals surface area contributed by atoms with Crippen molar-refractivity contribution < 1.29 is 38.0 Å². The molecule has 2 saturated heterocycles. The van der Waals surface area contributed by atoms with E-state index in [2.05, 4.69) is 29.9 Å². The molecule has 4 aromatic heterocycles. The first kappa shape index (κ1) is 31.3. The van der Waals surface area contributed by atoms with Gasteiger partial charge in [0.1, 0.15) is 24.6 Å². The van der Waals surface area contributed by atoms with Crippen molar-refractivity contribution in [3.63, 3.8) is 0 Å². The Morgan fingerprint density at radius 3 is 2.70 bits per heavy atom. The standard InChI is InChI=1S/C21H26N10O9P2S2/c1-37-9-2-8(40-19(9)30-6-26-11-15(22)24-5-25-16(11)30)3-39-42(36,43)14-13(32)10(4-38-41(34)35)44-20(14)31-7-27-12-17(31)28-21(23)29-18(12)33/h5-10,13-14,19-20,32H,2-4H2,1H3,(H6-,22,23,24,25,28,29,33,34,35,36,43)/p+1/t8-,9+,10+,13+,14+,19+,20+,42?/m0/s1. The summed E-state index contributed by atoms with van der Waals surface area (Å²) >= 11 is 6.71. The van der Waals surface area contributed by atoms with Gasteiger partial charge in [0.15, 0.2) is 35.3 Å². The van der Waals surface area contributed by atoms with Crippen LogP contribution in [0.5, 0.6) is 0 Å². The largest absolute Gasteiger partial charge is 0.694 e. The van der Waals surface area contributed by atoms with Crippen LogP contribution in [0.3, 0.4) is 0 Å². The van der Waals surface area contributed by atoms with Crippen molar-refractivity contribution in [3.05, 3.63) is 29.3 Å². The van der Waals surface area contributed by atoms with Gasteiger partial charge in [-0.2, -0.15) is 4.98 Å². The molecule has 0 aromatic carbocycles. The topological polar surface area (TPSA) is 274 Å². The monoisotopic (exact) mass is 689 g/mol. The van der Waals surface area contributed by atoms with E-state index < -0.39 is 61.1 Å². The van der Waals surface area contributed by atoms with E-state index in [-0.39, 0.29) is 36.1 Å². The van der Waals surface area contributed by atoms with Crippen LogP contribution in [0.1, 0.15) is 18.0 Å². The summed E-state index contributed by atoms with van der Waals surface area (Å²) in [7, 11) is -1.42. The fraction of sp³-hybridized carbons (Fsp3) is 0.524. The van der Waals surface area contributed by atoms with E-state index in [1.165, 1.54) is 30.7 Å². The van der Waals surface area contributed by atoms with Crippen molar-refractivity contribution in [2.24, 2.45) is 0 Å². The van der Waals surface area contributed by atoms with Gasteiger partial charge in [-0.15, -0.1) is 21.2 Å². The SMILES string of the molecule is CO[C@@H]1C[C@@H](COP(O)(=S)[C@@H]2[C@H](O)[C@@H](CO[P+](=O)O)S[C@H]2n2cnc3c(=O)[nH]c(N)nc32)O[C@H]1n1cnc2c(N)ncnc21. The second-order valence-electron chi connectivity index (χ2n) is 9.96. The van der Waals surface area contributed by atoms with Crippen molar-refractivity contribution in [2.45, 2.75) is 47.2 Å². The number of fused-ring (bicyclic) bond motifs is 2. The number of methoxy groups -OCH3 is 1. The Morgan fingerprint density at radius 1 is 1.20 bits per heavy atom. The highest BCUT2D eigenvalue weighted by molar-refractivity contribution is 8.10. The van der Waals surface area contributed by atoms with E-state index in [1.54, 1.807) is 4.57 Å². The Kier molecular flexibility index (Phi) is 8.72. The molecule has 0 radical (unpaired) electrons. The number of H-pyrrole nitrogens is 1. The molecule has 4 aromatic rings. The number of hydrogen-bond donors (Lipinski definition) is 6. The number of aliphatic hydroxyl groups is 1. The average Bonchev–Trinajstić information content (AvgIpc) is 3.74. The zero-order valence-electron chi connectivity index (χ0n) is 22.7. The number of aliphatic hydroxyl groups excluding tert-OH is 1. The fourth-order valence-electron chi connectivity index (χ4n) is 5.33. The molecule has 19 nitrogen and oxygen atoms in total. The lowest BCUT2D eigenvalue weighted by molar-refractivity contribution is -0.0561. The van der Waals surface area contributed by atoms with Gasteiger partial charge >= 0.3 is 8.25 Å². The van der Waals surface area contributed by atoms with Gasteiger partial charge in [-0.1, -0.05) is 0 Å². The molecule has 0 aliphatic carbocycles. The van der Waals surface area contributed by atoms with E-state index in [0.717, 1.165) is 11.8 Å². The molecule has 2 aliphatic rings. The van der Waals surface area contributed by atoms with Gasteiger partial charge in [-0.25, -0.2) is 19.9 Å². The lowest BCUT2D eigenvalue weighted by Gasteiger charge is -2.30. The van der Waals surface area contributed by atoms with Crippen LogP contribution < -0.4 is 17.0 Å². The number of rotatable bonds is 10. The van der Waals surface area contributed by atoms with Gasteiger partial charge in [0, 0.05) is 18.1 Å². The normalized spacial score (nSPS) is 29.0. The maximum Gasteiger partial charge on any atom is 0.694 e. The van der Waals surface area contributed by atoms with E-state index in [1.807, 2.05) is 0 Å². The molecule has 9 atom stereocenters. The molecule has 236 valence electrons. The lowest BCUT2D eigenvalue weighted by atomic mass is 10.2. The number of anilines is 2. The quantitative estimate of drug-likeness (QED) is 0.117. The first-order valence-electron chi connectivity index (χ1n) is 12.9. The van der Waals surface area contributed by atoms with Gasteiger partial charge in [0.2, 0.25) is 5.95 Å². The van der Waals surface area contributed by atoms with Crippen molar-refractivity contribution in [3.8, 4) is 0 Å². The first-order valence-corrected chi connectivity index (χ1v) is 17.7. The Morgan fingerprint density at radius 2 is 1.95 bits per heavy atom. The number of nitrogens with two attached hydrogens (primary N) is 2. The van der Waals surface area contributed by atoms with Crippen LogP contribution in [0.2, 0.25) is 0 Å². The molecule has 0 spiro atoms. The molecule has 6 rings (SSSR count). The third-order valence-corrected chi connectivity index (χ3v) is 12.4. The number of nitrogens with zero attached hydrogens (tertiary/aromatic N) is 7. The Balaban J connectivity index is 1.25. The molecule has 2 aliphatic heterocycles. The summed E-state index contributed by atoms with van der Waals surface area (Å²) in [6, 6.07) is 0. The van der Waals surface area contributed by atoms with E-state index in [0.29, 0.717) is 17.6 Å². The number of thioether (sulfide) groups is 1. The van der Waals surface area contributed by atoms with Crippen LogP contribution in [-0.2, 0) is 34.9 Å². The molecule has 2 fully saturated rings. The minimum absolute atomic E-state index is 0.0200. The Hall–Kier alpha value is -2.68. The van der Waals surface area contributed by atoms with Crippen LogP contribution in [0.15, 0.2) is 23.8 Å². The molecular weight excluding hydrogens is 662 g/mol. The summed E-state index contributed by atoms with van der Waals surface area (Å²) in [5, 5.41) is 9.65. The predicted molar refractivity (Wildman–Crippen MR) is 160 cm³/mol. The van der Waals surface area contributed by atoms with Gasteiger partial charge in [-0.3, -0.25) is 14.3 Å². The highest BCUT2D eigenvalue weighted by atomic mass is 32.5. The van der Waals surface area contributed by atoms with Gasteiger partial charge in [0.05, 0.1) is 47.8 Å². The summed E-state index contributed by atoms with van der Waals surface area (Å²) < 4.78 is 37.1. The summed E-state index contributed by atoms with van der Waals surface area (Å²) in [5.41, 5.74) is 10.9. The molecule has 23 heteroatoms. The third-order valence-electron chi connectivity index (χ3n) is 7.34. The van der Waals surface area contributed by atoms with E-state index in [9.17, 15) is 24.3 Å². The Labute approximate surface area is 257 Å². The number of ether oxygens (including phenoxy) is 2. The number of hydrogen-bond acceptors (Lipinski definition) is 16. The second-order valence-corrected chi connectivity index (χ2v) is 15.6. The zero-order valence-corrected chi connectivity index (χ0v) is 26.1. The molecule has 44 heavy (non-hydrogen) atoms. The van der Waals surface area contributed by atoms with Crippen LogP contribution in [0, 0.1) is 0 Å². The van der Waals surface area contributed by atoms with Gasteiger partial charge < -0.3 is 40.0 Å². The van der Waals surface area contributed by atoms with Crippen LogP contribution >= 0.6 is 26.5 Å². The molecule has 6 heterocycles. The Bertz CT molecular complexity index is 1820. The molecule has 0 bridgehead atoms. The minimum atomic E-state index is -3.89. The minimum Gasteiger partial charge on any atom is -0.391 e. The predicted octanol–water partition coefficient (Wildman–Crippen LogP) is -0.245. The zero-order chi connectivity index (χ0) is 31.3.